The molecule has 0 radical (unpaired) electrons. The summed E-state index contributed by atoms with van der Waals surface area (Å²) in [6.45, 7) is 6.21. The zero-order valence-corrected chi connectivity index (χ0v) is 9.72. The van der Waals surface area contributed by atoms with Crippen molar-refractivity contribution in [2.24, 2.45) is 5.92 Å². The van der Waals surface area contributed by atoms with Crippen LogP contribution in [0, 0.1) is 5.92 Å². The van der Waals surface area contributed by atoms with E-state index in [0.717, 1.165) is 13.1 Å². The SMILES string of the molecule is CCOC(=O)C(C)CNCCn1ccnn1. The van der Waals surface area contributed by atoms with E-state index in [1.165, 1.54) is 0 Å². The number of rotatable bonds is 7. The number of carbonyl (C=O) groups excluding carboxylic acids is 1. The van der Waals surface area contributed by atoms with E-state index >= 15 is 0 Å². The van der Waals surface area contributed by atoms with Crippen molar-refractivity contribution in [3.63, 3.8) is 0 Å². The van der Waals surface area contributed by atoms with Crippen LogP contribution in [0.1, 0.15) is 13.8 Å². The van der Waals surface area contributed by atoms with Crippen molar-refractivity contribution in [1.29, 1.82) is 0 Å². The molecule has 0 aliphatic rings. The van der Waals surface area contributed by atoms with Gasteiger partial charge in [-0.2, -0.15) is 0 Å². The minimum absolute atomic E-state index is 0.115. The fourth-order valence-corrected chi connectivity index (χ4v) is 1.23. The maximum Gasteiger partial charge on any atom is 0.309 e. The summed E-state index contributed by atoms with van der Waals surface area (Å²) in [4.78, 5) is 11.3. The van der Waals surface area contributed by atoms with E-state index in [9.17, 15) is 4.79 Å². The van der Waals surface area contributed by atoms with Crippen molar-refractivity contribution < 1.29 is 9.53 Å². The average Bonchev–Trinajstić information content (AvgIpc) is 2.77. The molecule has 1 unspecified atom stereocenters. The Kier molecular flexibility index (Phi) is 5.49. The number of aromatic nitrogens is 3. The number of carbonyl (C=O) groups is 1. The number of nitrogens with one attached hydrogen (secondary N) is 1. The Labute approximate surface area is 95.0 Å². The van der Waals surface area contributed by atoms with E-state index in [1.807, 2.05) is 13.8 Å². The molecule has 1 rings (SSSR count). The van der Waals surface area contributed by atoms with Crippen molar-refractivity contribution in [3.05, 3.63) is 12.4 Å². The molecule has 6 heteroatoms. The van der Waals surface area contributed by atoms with E-state index in [2.05, 4.69) is 15.6 Å². The lowest BCUT2D eigenvalue weighted by Crippen LogP contribution is -2.30. The van der Waals surface area contributed by atoms with Crippen molar-refractivity contribution in [3.8, 4) is 0 Å². The van der Waals surface area contributed by atoms with Crippen LogP contribution in [-0.2, 0) is 16.1 Å². The Hall–Kier alpha value is -1.43. The van der Waals surface area contributed by atoms with Gasteiger partial charge < -0.3 is 10.1 Å². The summed E-state index contributed by atoms with van der Waals surface area (Å²) in [5, 5.41) is 10.7. The molecule has 1 aromatic heterocycles. The Morgan fingerprint density at radius 1 is 1.62 bits per heavy atom. The highest BCUT2D eigenvalue weighted by Gasteiger charge is 2.12. The molecule has 16 heavy (non-hydrogen) atoms. The molecule has 0 fully saturated rings. The third-order valence-corrected chi connectivity index (χ3v) is 2.13. The maximum absolute atomic E-state index is 11.3. The predicted molar refractivity (Wildman–Crippen MR) is 58.7 cm³/mol. The highest BCUT2D eigenvalue weighted by atomic mass is 16.5. The number of ether oxygens (including phenoxy) is 1. The lowest BCUT2D eigenvalue weighted by atomic mass is 10.2. The summed E-state index contributed by atoms with van der Waals surface area (Å²) in [5.41, 5.74) is 0. The van der Waals surface area contributed by atoms with Crippen LogP contribution in [0.3, 0.4) is 0 Å². The van der Waals surface area contributed by atoms with Crippen LogP contribution in [0.4, 0.5) is 0 Å². The highest BCUT2D eigenvalue weighted by molar-refractivity contribution is 5.72. The molecule has 0 amide bonds. The van der Waals surface area contributed by atoms with E-state index in [1.54, 1.807) is 17.1 Å². The second kappa shape index (κ2) is 6.95. The first-order chi connectivity index (χ1) is 7.74. The smallest absolute Gasteiger partial charge is 0.309 e. The fourth-order valence-electron chi connectivity index (χ4n) is 1.23. The Morgan fingerprint density at radius 3 is 3.06 bits per heavy atom. The molecule has 1 N–H and O–H groups in total. The molecular weight excluding hydrogens is 208 g/mol. The van der Waals surface area contributed by atoms with Crippen molar-refractivity contribution >= 4 is 5.97 Å². The molecule has 1 atom stereocenters. The standard InChI is InChI=1S/C10H18N4O2/c1-3-16-10(15)9(2)8-11-4-6-14-7-5-12-13-14/h5,7,9,11H,3-4,6,8H2,1-2H3. The van der Waals surface area contributed by atoms with Gasteiger partial charge in [0.25, 0.3) is 0 Å². The van der Waals surface area contributed by atoms with Gasteiger partial charge in [-0.1, -0.05) is 12.1 Å². The summed E-state index contributed by atoms with van der Waals surface area (Å²) in [6.07, 6.45) is 3.44. The van der Waals surface area contributed by atoms with Crippen LogP contribution in [0.25, 0.3) is 0 Å². The summed E-state index contributed by atoms with van der Waals surface area (Å²) in [7, 11) is 0. The first kappa shape index (κ1) is 12.6. The van der Waals surface area contributed by atoms with Gasteiger partial charge in [0.2, 0.25) is 0 Å². The summed E-state index contributed by atoms with van der Waals surface area (Å²) in [6, 6.07) is 0. The number of esters is 1. The van der Waals surface area contributed by atoms with Gasteiger partial charge in [0.1, 0.15) is 0 Å². The summed E-state index contributed by atoms with van der Waals surface area (Å²) < 4.78 is 6.64. The van der Waals surface area contributed by atoms with Gasteiger partial charge in [-0.3, -0.25) is 9.48 Å². The van der Waals surface area contributed by atoms with Crippen molar-refractivity contribution in [1.82, 2.24) is 20.3 Å². The first-order valence-corrected chi connectivity index (χ1v) is 5.45. The van der Waals surface area contributed by atoms with Gasteiger partial charge in [0.05, 0.1) is 25.3 Å². The minimum Gasteiger partial charge on any atom is -0.466 e. The molecule has 0 aliphatic carbocycles. The van der Waals surface area contributed by atoms with Gasteiger partial charge >= 0.3 is 5.97 Å². The number of hydrogen-bond acceptors (Lipinski definition) is 5. The quantitative estimate of drug-likeness (QED) is 0.526. The van der Waals surface area contributed by atoms with Crippen LogP contribution in [0.2, 0.25) is 0 Å². The van der Waals surface area contributed by atoms with Crippen LogP contribution in [0.15, 0.2) is 12.4 Å². The van der Waals surface area contributed by atoms with Crippen LogP contribution >= 0.6 is 0 Å². The van der Waals surface area contributed by atoms with Gasteiger partial charge in [0, 0.05) is 19.3 Å². The molecule has 0 saturated carbocycles. The Morgan fingerprint density at radius 2 is 2.44 bits per heavy atom. The third kappa shape index (κ3) is 4.39. The highest BCUT2D eigenvalue weighted by Crippen LogP contribution is 1.96. The second-order valence-corrected chi connectivity index (χ2v) is 3.52. The van der Waals surface area contributed by atoms with E-state index in [4.69, 9.17) is 4.74 Å². The zero-order valence-electron chi connectivity index (χ0n) is 9.72. The monoisotopic (exact) mass is 226 g/mol. The topological polar surface area (TPSA) is 69.0 Å². The van der Waals surface area contributed by atoms with Gasteiger partial charge in [-0.05, 0) is 6.92 Å². The molecule has 0 saturated heterocycles. The third-order valence-electron chi connectivity index (χ3n) is 2.13. The normalized spacial score (nSPS) is 12.4. The lowest BCUT2D eigenvalue weighted by Gasteiger charge is -2.11. The first-order valence-electron chi connectivity index (χ1n) is 5.45. The molecular formula is C10H18N4O2. The number of nitrogens with zero attached hydrogens (tertiary/aromatic N) is 3. The molecule has 0 aromatic carbocycles. The van der Waals surface area contributed by atoms with Crippen molar-refractivity contribution in [2.45, 2.75) is 20.4 Å². The lowest BCUT2D eigenvalue weighted by molar-refractivity contribution is -0.147. The molecule has 1 aromatic rings. The molecule has 0 spiro atoms. The molecule has 0 aliphatic heterocycles. The minimum atomic E-state index is -0.157. The zero-order chi connectivity index (χ0) is 11.8. The second-order valence-electron chi connectivity index (χ2n) is 3.52. The molecule has 6 nitrogen and oxygen atoms in total. The van der Waals surface area contributed by atoms with E-state index < -0.39 is 0 Å². The van der Waals surface area contributed by atoms with Crippen LogP contribution in [0.5, 0.6) is 0 Å². The van der Waals surface area contributed by atoms with Gasteiger partial charge in [-0.25, -0.2) is 0 Å². The Balaban J connectivity index is 2.08. The molecule has 0 bridgehead atoms. The molecule has 90 valence electrons. The van der Waals surface area contributed by atoms with Gasteiger partial charge in [0.15, 0.2) is 0 Å². The Bertz CT molecular complexity index is 300. The van der Waals surface area contributed by atoms with Crippen LogP contribution < -0.4 is 5.32 Å². The van der Waals surface area contributed by atoms with E-state index in [0.29, 0.717) is 13.2 Å². The van der Waals surface area contributed by atoms with Crippen LogP contribution in [-0.4, -0.2) is 40.7 Å². The largest absolute Gasteiger partial charge is 0.466 e. The van der Waals surface area contributed by atoms with Crippen molar-refractivity contribution in [2.75, 3.05) is 19.7 Å². The summed E-state index contributed by atoms with van der Waals surface area (Å²) in [5.74, 6) is -0.272. The maximum atomic E-state index is 11.3. The summed E-state index contributed by atoms with van der Waals surface area (Å²) >= 11 is 0. The fraction of sp³-hybridized carbons (Fsp3) is 0.700. The predicted octanol–water partition coefficient (Wildman–Crippen LogP) is 0.0669. The van der Waals surface area contributed by atoms with Gasteiger partial charge in [-0.15, -0.1) is 5.10 Å². The molecule has 1 heterocycles. The average molecular weight is 226 g/mol. The number of hydrogen-bond donors (Lipinski definition) is 1. The van der Waals surface area contributed by atoms with E-state index in [-0.39, 0.29) is 11.9 Å².